The average molecular weight is 274 g/mol. The van der Waals surface area contributed by atoms with Crippen LogP contribution in [-0.4, -0.2) is 15.2 Å². The molecule has 0 saturated heterocycles. The molecule has 0 radical (unpaired) electrons. The van der Waals surface area contributed by atoms with Crippen molar-refractivity contribution in [2.45, 2.75) is 6.92 Å². The fourth-order valence-electron chi connectivity index (χ4n) is 1.51. The minimum absolute atomic E-state index is 0.779. The molecule has 3 rings (SSSR count). The van der Waals surface area contributed by atoms with E-state index in [1.165, 1.54) is 11.3 Å². The van der Waals surface area contributed by atoms with Crippen molar-refractivity contribution in [2.75, 3.05) is 5.32 Å². The summed E-state index contributed by atoms with van der Waals surface area (Å²) in [4.78, 5) is 4.53. The smallest absolute Gasteiger partial charge is 0.211 e. The highest BCUT2D eigenvalue weighted by atomic mass is 32.1. The molecular weight excluding hydrogens is 264 g/mol. The van der Waals surface area contributed by atoms with E-state index in [0.717, 1.165) is 26.5 Å². The number of thiazole rings is 1. The lowest BCUT2D eigenvalue weighted by Gasteiger charge is -1.95. The quantitative estimate of drug-likeness (QED) is 0.791. The molecule has 1 N–H and O–H groups in total. The summed E-state index contributed by atoms with van der Waals surface area (Å²) in [5.74, 6) is 0. The maximum Gasteiger partial charge on any atom is 0.211 e. The van der Waals surface area contributed by atoms with Gasteiger partial charge < -0.3 is 5.32 Å². The number of anilines is 2. The fraction of sp³-hybridized carbons (Fsp3) is 0.0833. The zero-order valence-electron chi connectivity index (χ0n) is 9.62. The van der Waals surface area contributed by atoms with Gasteiger partial charge in [0.2, 0.25) is 5.13 Å². The van der Waals surface area contributed by atoms with Crippen LogP contribution in [0.1, 0.15) is 5.01 Å². The van der Waals surface area contributed by atoms with Gasteiger partial charge in [0, 0.05) is 10.9 Å². The zero-order chi connectivity index (χ0) is 12.4. The molecule has 90 valence electrons. The maximum absolute atomic E-state index is 4.53. The van der Waals surface area contributed by atoms with Gasteiger partial charge in [0.15, 0.2) is 5.13 Å². The normalized spacial score (nSPS) is 10.5. The van der Waals surface area contributed by atoms with Gasteiger partial charge in [-0.25, -0.2) is 4.98 Å². The molecule has 4 nitrogen and oxygen atoms in total. The van der Waals surface area contributed by atoms with E-state index in [1.807, 2.05) is 42.6 Å². The Morgan fingerprint density at radius 1 is 1.06 bits per heavy atom. The van der Waals surface area contributed by atoms with Gasteiger partial charge in [-0.15, -0.1) is 21.5 Å². The minimum Gasteiger partial charge on any atom is -0.306 e. The number of benzene rings is 1. The topological polar surface area (TPSA) is 50.7 Å². The lowest BCUT2D eigenvalue weighted by atomic mass is 10.2. The molecule has 0 aliphatic carbocycles. The molecule has 2 heterocycles. The van der Waals surface area contributed by atoms with Crippen molar-refractivity contribution in [1.82, 2.24) is 15.2 Å². The van der Waals surface area contributed by atoms with E-state index in [2.05, 4.69) is 20.5 Å². The second-order valence-corrected chi connectivity index (χ2v) is 5.69. The van der Waals surface area contributed by atoms with E-state index in [-0.39, 0.29) is 0 Å². The molecule has 2 aromatic heterocycles. The summed E-state index contributed by atoms with van der Waals surface area (Å²) >= 11 is 3.09. The Labute approximate surface area is 112 Å². The zero-order valence-corrected chi connectivity index (χ0v) is 11.3. The molecule has 1 aromatic carbocycles. The molecule has 3 aromatic rings. The Kier molecular flexibility index (Phi) is 3.04. The van der Waals surface area contributed by atoms with Crippen molar-refractivity contribution in [2.24, 2.45) is 0 Å². The number of nitrogens with one attached hydrogen (secondary N) is 1. The van der Waals surface area contributed by atoms with Crippen LogP contribution in [0.5, 0.6) is 0 Å². The maximum atomic E-state index is 4.53. The molecule has 0 aliphatic rings. The molecule has 0 bridgehead atoms. The summed E-state index contributed by atoms with van der Waals surface area (Å²) in [6.07, 6.45) is 0. The Hall–Kier alpha value is -1.79. The largest absolute Gasteiger partial charge is 0.306 e. The third-order valence-corrected chi connectivity index (χ3v) is 3.83. The van der Waals surface area contributed by atoms with Gasteiger partial charge in [-0.1, -0.05) is 41.7 Å². The lowest BCUT2D eigenvalue weighted by Crippen LogP contribution is -1.88. The molecular formula is C12H10N4S2. The van der Waals surface area contributed by atoms with Crippen LogP contribution in [0.3, 0.4) is 0 Å². The molecule has 0 aliphatic heterocycles. The van der Waals surface area contributed by atoms with Crippen LogP contribution in [-0.2, 0) is 0 Å². The lowest BCUT2D eigenvalue weighted by molar-refractivity contribution is 1.05. The molecule has 0 fully saturated rings. The van der Waals surface area contributed by atoms with E-state index >= 15 is 0 Å². The van der Waals surface area contributed by atoms with E-state index in [4.69, 9.17) is 0 Å². The van der Waals surface area contributed by atoms with E-state index in [1.54, 1.807) is 11.3 Å². The number of aromatic nitrogens is 3. The highest BCUT2D eigenvalue weighted by molar-refractivity contribution is 7.16. The van der Waals surface area contributed by atoms with Crippen LogP contribution in [0, 0.1) is 6.92 Å². The second kappa shape index (κ2) is 4.83. The van der Waals surface area contributed by atoms with Gasteiger partial charge in [0.1, 0.15) is 5.01 Å². The minimum atomic E-state index is 0.779. The van der Waals surface area contributed by atoms with Crippen molar-refractivity contribution in [3.05, 3.63) is 40.7 Å². The Bertz CT molecular complexity index is 645. The number of hydrogen-bond acceptors (Lipinski definition) is 6. The van der Waals surface area contributed by atoms with E-state index < -0.39 is 0 Å². The predicted molar refractivity (Wildman–Crippen MR) is 75.5 cm³/mol. The van der Waals surface area contributed by atoms with Crippen molar-refractivity contribution in [3.63, 3.8) is 0 Å². The van der Waals surface area contributed by atoms with Crippen molar-refractivity contribution in [1.29, 1.82) is 0 Å². The van der Waals surface area contributed by atoms with Crippen molar-refractivity contribution < 1.29 is 0 Å². The first-order valence-corrected chi connectivity index (χ1v) is 7.09. The number of rotatable bonds is 3. The highest BCUT2D eigenvalue weighted by Gasteiger charge is 2.06. The first-order valence-electron chi connectivity index (χ1n) is 5.39. The highest BCUT2D eigenvalue weighted by Crippen LogP contribution is 2.27. The summed E-state index contributed by atoms with van der Waals surface area (Å²) < 4.78 is 0. The Morgan fingerprint density at radius 3 is 2.61 bits per heavy atom. The molecule has 6 heteroatoms. The third kappa shape index (κ3) is 2.39. The molecule has 0 unspecified atom stereocenters. The summed E-state index contributed by atoms with van der Waals surface area (Å²) in [6.45, 7) is 1.93. The molecule has 0 spiro atoms. The standard InChI is InChI=1S/C12H10N4S2/c1-8-15-16-12(18-8)14-11-13-10(7-17-11)9-5-3-2-4-6-9/h2-7H,1H3,(H,13,14,16). The van der Waals surface area contributed by atoms with Crippen LogP contribution in [0.2, 0.25) is 0 Å². The number of nitrogens with zero attached hydrogens (tertiary/aromatic N) is 3. The number of aryl methyl sites for hydroxylation is 1. The van der Waals surface area contributed by atoms with Crippen LogP contribution in [0.15, 0.2) is 35.7 Å². The fourth-order valence-corrected chi connectivity index (χ4v) is 2.89. The van der Waals surface area contributed by atoms with Crippen molar-refractivity contribution in [3.8, 4) is 11.3 Å². The van der Waals surface area contributed by atoms with Gasteiger partial charge in [-0.05, 0) is 6.92 Å². The summed E-state index contributed by atoms with van der Waals surface area (Å²) in [7, 11) is 0. The summed E-state index contributed by atoms with van der Waals surface area (Å²) in [5.41, 5.74) is 2.10. The van der Waals surface area contributed by atoms with Crippen LogP contribution < -0.4 is 5.32 Å². The summed E-state index contributed by atoms with van der Waals surface area (Å²) in [5, 5.41) is 15.7. The molecule has 18 heavy (non-hydrogen) atoms. The van der Waals surface area contributed by atoms with Gasteiger partial charge >= 0.3 is 0 Å². The van der Waals surface area contributed by atoms with E-state index in [9.17, 15) is 0 Å². The number of hydrogen-bond donors (Lipinski definition) is 1. The average Bonchev–Trinajstić information content (AvgIpc) is 3.01. The van der Waals surface area contributed by atoms with Crippen LogP contribution in [0.4, 0.5) is 10.3 Å². The van der Waals surface area contributed by atoms with Crippen molar-refractivity contribution >= 4 is 32.9 Å². The van der Waals surface area contributed by atoms with Crippen LogP contribution >= 0.6 is 22.7 Å². The first kappa shape index (κ1) is 11.3. The summed E-state index contributed by atoms with van der Waals surface area (Å²) in [6, 6.07) is 10.1. The third-order valence-electron chi connectivity index (χ3n) is 2.31. The molecule has 0 saturated carbocycles. The van der Waals surface area contributed by atoms with Gasteiger partial charge in [-0.3, -0.25) is 0 Å². The molecule has 0 atom stereocenters. The molecule has 0 amide bonds. The van der Waals surface area contributed by atoms with Gasteiger partial charge in [-0.2, -0.15) is 0 Å². The monoisotopic (exact) mass is 274 g/mol. The first-order chi connectivity index (χ1) is 8.81. The second-order valence-electron chi connectivity index (χ2n) is 3.66. The van der Waals surface area contributed by atoms with Gasteiger partial charge in [0.05, 0.1) is 5.69 Å². The van der Waals surface area contributed by atoms with Gasteiger partial charge in [0.25, 0.3) is 0 Å². The van der Waals surface area contributed by atoms with E-state index in [0.29, 0.717) is 0 Å². The predicted octanol–water partition coefficient (Wildman–Crippen LogP) is 3.71. The SMILES string of the molecule is Cc1nnc(Nc2nc(-c3ccccc3)cs2)s1. The Morgan fingerprint density at radius 2 is 1.89 bits per heavy atom. The Balaban J connectivity index is 1.82. The van der Waals surface area contributed by atoms with Crippen LogP contribution in [0.25, 0.3) is 11.3 Å².